The van der Waals surface area contributed by atoms with E-state index in [9.17, 15) is 8.42 Å². The molecule has 0 saturated heterocycles. The lowest BCUT2D eigenvalue weighted by Crippen LogP contribution is -2.35. The molecule has 5 rings (SSSR count). The molecule has 0 radical (unpaired) electrons. The molecular weight excluding hydrogens is 446 g/mol. The molecule has 1 aromatic heterocycles. The lowest BCUT2D eigenvalue weighted by molar-refractivity contribution is 0.418. The smallest absolute Gasteiger partial charge is 0.243 e. The third kappa shape index (κ3) is 4.83. The standard InChI is InChI=1S/C26H33N5O2S/c1-20-7-5-6-10-26(20)34(32,33)31-14-13-30(18-24-16-27-19-28-24)25-15-23(12-11-21(25)17-31)29-22-8-3-2-4-9-22/h5-7,10-12,15-16,19,22,29H,2-4,8-9,13-14,17-18H2,1H3,(H,27,28). The Morgan fingerprint density at radius 2 is 1.91 bits per heavy atom. The van der Waals surface area contributed by atoms with Crippen molar-refractivity contribution in [3.8, 4) is 0 Å². The maximum Gasteiger partial charge on any atom is 0.243 e. The third-order valence-corrected chi connectivity index (χ3v) is 9.00. The summed E-state index contributed by atoms with van der Waals surface area (Å²) in [5, 5.41) is 3.73. The maximum absolute atomic E-state index is 13.6. The fourth-order valence-corrected chi connectivity index (χ4v) is 6.75. The first kappa shape index (κ1) is 22.9. The molecule has 1 saturated carbocycles. The highest BCUT2D eigenvalue weighted by Crippen LogP contribution is 2.33. The molecular formula is C26H33N5O2S. The zero-order valence-electron chi connectivity index (χ0n) is 19.7. The summed E-state index contributed by atoms with van der Waals surface area (Å²) >= 11 is 0. The Hall–Kier alpha value is -2.84. The van der Waals surface area contributed by atoms with Gasteiger partial charge in [0.25, 0.3) is 0 Å². The second-order valence-corrected chi connectivity index (χ2v) is 11.3. The van der Waals surface area contributed by atoms with Gasteiger partial charge in [-0.3, -0.25) is 0 Å². The Balaban J connectivity index is 1.47. The maximum atomic E-state index is 13.6. The second-order valence-electron chi connectivity index (χ2n) is 9.43. The van der Waals surface area contributed by atoms with Crippen LogP contribution >= 0.6 is 0 Å². The Morgan fingerprint density at radius 3 is 2.68 bits per heavy atom. The number of hydrogen-bond donors (Lipinski definition) is 2. The fourth-order valence-electron chi connectivity index (χ4n) is 5.12. The molecule has 2 aromatic carbocycles. The van der Waals surface area contributed by atoms with E-state index < -0.39 is 10.0 Å². The molecule has 7 nitrogen and oxygen atoms in total. The summed E-state index contributed by atoms with van der Waals surface area (Å²) in [7, 11) is -3.61. The fraction of sp³-hybridized carbons (Fsp3) is 0.423. The number of sulfonamides is 1. The van der Waals surface area contributed by atoms with Crippen molar-refractivity contribution in [2.45, 2.75) is 63.1 Å². The van der Waals surface area contributed by atoms with E-state index in [1.54, 1.807) is 22.8 Å². The van der Waals surface area contributed by atoms with Gasteiger partial charge in [-0.05, 0) is 49.1 Å². The minimum Gasteiger partial charge on any atom is -0.382 e. The SMILES string of the molecule is Cc1ccccc1S(=O)(=O)N1CCN(Cc2cnc[nH]2)c2cc(NC3CCCCC3)ccc2C1. The number of nitrogens with one attached hydrogen (secondary N) is 2. The topological polar surface area (TPSA) is 81.3 Å². The summed E-state index contributed by atoms with van der Waals surface area (Å²) in [6, 6.07) is 14.1. The average molecular weight is 480 g/mol. The van der Waals surface area contributed by atoms with E-state index in [-0.39, 0.29) is 0 Å². The molecule has 34 heavy (non-hydrogen) atoms. The van der Waals surface area contributed by atoms with E-state index in [0.29, 0.717) is 37.1 Å². The van der Waals surface area contributed by atoms with Gasteiger partial charge in [-0.1, -0.05) is 43.5 Å². The zero-order valence-corrected chi connectivity index (χ0v) is 20.5. The first-order valence-corrected chi connectivity index (χ1v) is 13.6. The number of nitrogens with zero attached hydrogens (tertiary/aromatic N) is 3. The molecule has 0 unspecified atom stereocenters. The van der Waals surface area contributed by atoms with Crippen molar-refractivity contribution in [1.82, 2.24) is 14.3 Å². The number of imidazole rings is 1. The van der Waals surface area contributed by atoms with Crippen molar-refractivity contribution < 1.29 is 8.42 Å². The summed E-state index contributed by atoms with van der Waals surface area (Å²) in [5.74, 6) is 0. The Morgan fingerprint density at radius 1 is 1.09 bits per heavy atom. The lowest BCUT2D eigenvalue weighted by atomic mass is 9.95. The van der Waals surface area contributed by atoms with Gasteiger partial charge in [-0.2, -0.15) is 4.31 Å². The first-order valence-electron chi connectivity index (χ1n) is 12.2. The average Bonchev–Trinajstić information content (AvgIpc) is 3.28. The second kappa shape index (κ2) is 9.80. The van der Waals surface area contributed by atoms with Gasteiger partial charge in [-0.15, -0.1) is 0 Å². The summed E-state index contributed by atoms with van der Waals surface area (Å²) in [6.45, 7) is 3.88. The van der Waals surface area contributed by atoms with Crippen molar-refractivity contribution in [1.29, 1.82) is 0 Å². The van der Waals surface area contributed by atoms with E-state index in [2.05, 4.69) is 38.4 Å². The number of aromatic nitrogens is 2. The van der Waals surface area contributed by atoms with E-state index in [4.69, 9.17) is 0 Å². The molecule has 180 valence electrons. The van der Waals surface area contributed by atoms with Gasteiger partial charge in [0.05, 0.1) is 23.5 Å². The first-order chi connectivity index (χ1) is 16.5. The number of aryl methyl sites for hydroxylation is 1. The summed E-state index contributed by atoms with van der Waals surface area (Å²) in [5.41, 5.74) is 4.98. The number of H-pyrrole nitrogens is 1. The predicted molar refractivity (Wildman–Crippen MR) is 135 cm³/mol. The van der Waals surface area contributed by atoms with Crippen LogP contribution in [0.15, 0.2) is 59.9 Å². The van der Waals surface area contributed by atoms with Crippen LogP contribution in [0.2, 0.25) is 0 Å². The molecule has 8 heteroatoms. The van der Waals surface area contributed by atoms with Gasteiger partial charge in [0.1, 0.15) is 0 Å². The van der Waals surface area contributed by atoms with Crippen LogP contribution < -0.4 is 10.2 Å². The van der Waals surface area contributed by atoms with Crippen LogP contribution in [0.5, 0.6) is 0 Å². The monoisotopic (exact) mass is 479 g/mol. The Kier molecular flexibility index (Phi) is 6.61. The molecule has 3 aromatic rings. The minimum absolute atomic E-state index is 0.356. The zero-order chi connectivity index (χ0) is 23.5. The van der Waals surface area contributed by atoms with E-state index in [0.717, 1.165) is 28.2 Å². The number of benzene rings is 2. The van der Waals surface area contributed by atoms with Crippen molar-refractivity contribution >= 4 is 21.4 Å². The van der Waals surface area contributed by atoms with E-state index >= 15 is 0 Å². The number of fused-ring (bicyclic) bond motifs is 1. The van der Waals surface area contributed by atoms with Crippen molar-refractivity contribution in [3.05, 3.63) is 71.8 Å². The Bertz CT molecular complexity index is 1220. The van der Waals surface area contributed by atoms with Gasteiger partial charge in [0, 0.05) is 43.2 Å². The summed E-state index contributed by atoms with van der Waals surface area (Å²) < 4.78 is 28.8. The van der Waals surface area contributed by atoms with Gasteiger partial charge in [0.2, 0.25) is 10.0 Å². The minimum atomic E-state index is -3.61. The van der Waals surface area contributed by atoms with Crippen LogP contribution in [-0.2, 0) is 23.1 Å². The molecule has 0 bridgehead atoms. The van der Waals surface area contributed by atoms with Crippen LogP contribution in [0.1, 0.15) is 48.9 Å². The van der Waals surface area contributed by atoms with Crippen molar-refractivity contribution in [3.63, 3.8) is 0 Å². The van der Waals surface area contributed by atoms with Crippen molar-refractivity contribution in [2.24, 2.45) is 0 Å². The molecule has 1 aliphatic heterocycles. The number of anilines is 2. The number of aromatic amines is 1. The molecule has 1 fully saturated rings. The molecule has 0 amide bonds. The summed E-state index contributed by atoms with van der Waals surface area (Å²) in [6.07, 6.45) is 9.81. The van der Waals surface area contributed by atoms with Gasteiger partial charge >= 0.3 is 0 Å². The molecule has 2 N–H and O–H groups in total. The van der Waals surface area contributed by atoms with Crippen LogP contribution in [0, 0.1) is 6.92 Å². The quantitative estimate of drug-likeness (QED) is 0.537. The molecule has 2 aliphatic rings. The van der Waals surface area contributed by atoms with Gasteiger partial charge < -0.3 is 15.2 Å². The highest BCUT2D eigenvalue weighted by Gasteiger charge is 2.30. The largest absolute Gasteiger partial charge is 0.382 e. The van der Waals surface area contributed by atoms with Crippen LogP contribution in [0.25, 0.3) is 0 Å². The van der Waals surface area contributed by atoms with Crippen LogP contribution in [-0.4, -0.2) is 41.8 Å². The predicted octanol–water partition coefficient (Wildman–Crippen LogP) is 4.67. The molecule has 2 heterocycles. The Labute approximate surface area is 202 Å². The summed E-state index contributed by atoms with van der Waals surface area (Å²) in [4.78, 5) is 10.0. The molecule has 1 aliphatic carbocycles. The van der Waals surface area contributed by atoms with E-state index in [1.165, 1.54) is 32.1 Å². The number of rotatable bonds is 6. The van der Waals surface area contributed by atoms with Crippen LogP contribution in [0.3, 0.4) is 0 Å². The molecule has 0 atom stereocenters. The van der Waals surface area contributed by atoms with E-state index in [1.807, 2.05) is 25.3 Å². The molecule has 0 spiro atoms. The highest BCUT2D eigenvalue weighted by molar-refractivity contribution is 7.89. The van der Waals surface area contributed by atoms with Gasteiger partial charge in [0.15, 0.2) is 0 Å². The normalized spacial score (nSPS) is 17.9. The van der Waals surface area contributed by atoms with Gasteiger partial charge in [-0.25, -0.2) is 13.4 Å². The number of hydrogen-bond acceptors (Lipinski definition) is 5. The van der Waals surface area contributed by atoms with Crippen molar-refractivity contribution in [2.75, 3.05) is 23.3 Å². The highest BCUT2D eigenvalue weighted by atomic mass is 32.2. The van der Waals surface area contributed by atoms with Crippen LogP contribution in [0.4, 0.5) is 11.4 Å². The third-order valence-electron chi connectivity index (χ3n) is 7.00. The lowest BCUT2D eigenvalue weighted by Gasteiger charge is -2.27.